The normalized spacial score (nSPS) is 22.6. The highest BCUT2D eigenvalue weighted by Gasteiger charge is 2.51. The van der Waals surface area contributed by atoms with E-state index in [4.69, 9.17) is 28.4 Å². The molecule has 6 atom stereocenters. The van der Waals surface area contributed by atoms with Crippen molar-refractivity contribution >= 4 is 23.8 Å². The zero-order chi connectivity index (χ0) is 31.9. The van der Waals surface area contributed by atoms with Gasteiger partial charge in [-0.15, -0.1) is 0 Å². The lowest BCUT2D eigenvalue weighted by Gasteiger charge is -2.44. The van der Waals surface area contributed by atoms with Crippen LogP contribution in [0.15, 0.2) is 48.5 Å². The van der Waals surface area contributed by atoms with Crippen LogP contribution >= 0.6 is 0 Å². The monoisotopic (exact) mass is 611 g/mol. The minimum Gasteiger partial charge on any atom is -0.463 e. The van der Waals surface area contributed by atoms with Crippen LogP contribution in [0.25, 0.3) is 0 Å². The molecule has 1 amide bonds. The molecule has 14 heteroatoms. The van der Waals surface area contributed by atoms with Crippen molar-refractivity contribution in [1.82, 2.24) is 5.32 Å². The predicted molar refractivity (Wildman–Crippen MR) is 142 cm³/mol. The molecule has 6 unspecified atom stereocenters. The number of ether oxygens (including phenoxy) is 6. The average molecular weight is 612 g/mol. The Bertz CT molecular complexity index is 1280. The second kappa shape index (κ2) is 14.3. The third-order valence-electron chi connectivity index (χ3n) is 6.37. The summed E-state index contributed by atoms with van der Waals surface area (Å²) < 4.78 is 71.7. The maximum atomic E-state index is 12.8. The number of amides is 1. The number of esters is 3. The van der Waals surface area contributed by atoms with E-state index in [2.05, 4.69) is 5.32 Å². The molecule has 0 saturated carbocycles. The summed E-state index contributed by atoms with van der Waals surface area (Å²) in [6, 6.07) is 9.74. The molecule has 0 spiro atoms. The van der Waals surface area contributed by atoms with E-state index in [1.165, 1.54) is 27.9 Å². The molecule has 11 nitrogen and oxygen atoms in total. The zero-order valence-electron chi connectivity index (χ0n) is 24.0. The van der Waals surface area contributed by atoms with Crippen LogP contribution in [0.5, 0.6) is 5.75 Å². The minimum absolute atomic E-state index is 0.0637. The van der Waals surface area contributed by atoms with E-state index in [9.17, 15) is 32.3 Å². The molecule has 1 saturated heterocycles. The molecule has 0 aromatic heterocycles. The second-order valence-corrected chi connectivity index (χ2v) is 9.65. The van der Waals surface area contributed by atoms with Gasteiger partial charge in [0.2, 0.25) is 6.29 Å². The summed E-state index contributed by atoms with van der Waals surface area (Å²) >= 11 is 0. The second-order valence-electron chi connectivity index (χ2n) is 9.65. The first-order chi connectivity index (χ1) is 20.2. The highest BCUT2D eigenvalue weighted by Crippen LogP contribution is 2.31. The van der Waals surface area contributed by atoms with E-state index in [1.807, 2.05) is 0 Å². The molecule has 2 aromatic carbocycles. The van der Waals surface area contributed by atoms with Crippen molar-refractivity contribution in [1.29, 1.82) is 0 Å². The number of alkyl halides is 3. The van der Waals surface area contributed by atoms with Gasteiger partial charge in [-0.1, -0.05) is 12.1 Å². The molecule has 1 fully saturated rings. The third kappa shape index (κ3) is 9.16. The third-order valence-corrected chi connectivity index (χ3v) is 6.37. The van der Waals surface area contributed by atoms with Gasteiger partial charge >= 0.3 is 24.1 Å². The number of rotatable bonds is 10. The van der Waals surface area contributed by atoms with Crippen LogP contribution in [0.3, 0.4) is 0 Å². The zero-order valence-corrected chi connectivity index (χ0v) is 24.0. The summed E-state index contributed by atoms with van der Waals surface area (Å²) in [6.07, 6.45) is -10.2. The van der Waals surface area contributed by atoms with Crippen LogP contribution in [0, 0.1) is 0 Å². The van der Waals surface area contributed by atoms with Gasteiger partial charge in [-0.3, -0.25) is 19.2 Å². The van der Waals surface area contributed by atoms with Crippen LogP contribution in [0.1, 0.15) is 55.2 Å². The van der Waals surface area contributed by atoms with E-state index in [1.54, 1.807) is 31.2 Å². The number of hydrogen-bond donors (Lipinski definition) is 1. The van der Waals surface area contributed by atoms with Crippen molar-refractivity contribution in [2.24, 2.45) is 0 Å². The maximum Gasteiger partial charge on any atom is 0.416 e. The lowest BCUT2D eigenvalue weighted by Crippen LogP contribution is -2.63. The quantitative estimate of drug-likeness (QED) is 0.313. The summed E-state index contributed by atoms with van der Waals surface area (Å²) in [5, 5.41) is 2.72. The van der Waals surface area contributed by atoms with Gasteiger partial charge in [0, 0.05) is 33.4 Å². The van der Waals surface area contributed by atoms with E-state index in [-0.39, 0.29) is 17.9 Å². The van der Waals surface area contributed by atoms with E-state index in [0.29, 0.717) is 5.56 Å². The first-order valence-corrected chi connectivity index (χ1v) is 13.1. The fraction of sp³-hybridized carbons (Fsp3) is 0.448. The van der Waals surface area contributed by atoms with Crippen molar-refractivity contribution in [2.45, 2.75) is 70.6 Å². The largest absolute Gasteiger partial charge is 0.463 e. The molecule has 1 heterocycles. The summed E-state index contributed by atoms with van der Waals surface area (Å²) in [5.41, 5.74) is -0.151. The molecule has 1 aliphatic heterocycles. The lowest BCUT2D eigenvalue weighted by atomic mass is 9.98. The van der Waals surface area contributed by atoms with Crippen LogP contribution in [0.2, 0.25) is 0 Å². The Morgan fingerprint density at radius 2 is 1.44 bits per heavy atom. The van der Waals surface area contributed by atoms with Gasteiger partial charge in [0.15, 0.2) is 12.2 Å². The topological polar surface area (TPSA) is 136 Å². The molecule has 0 bridgehead atoms. The van der Waals surface area contributed by atoms with E-state index >= 15 is 0 Å². The molecule has 2 aromatic rings. The van der Waals surface area contributed by atoms with Crippen molar-refractivity contribution < 1.29 is 60.8 Å². The van der Waals surface area contributed by atoms with Gasteiger partial charge in [-0.2, -0.15) is 13.2 Å². The van der Waals surface area contributed by atoms with Crippen LogP contribution in [-0.2, 0) is 44.2 Å². The Balaban J connectivity index is 1.75. The van der Waals surface area contributed by atoms with Crippen LogP contribution in [-0.4, -0.2) is 68.2 Å². The molecule has 234 valence electrons. The molecule has 1 N–H and O–H groups in total. The SMILES string of the molecule is COC1C(OC(C)=O)C(COC(C)=O)OC(Oc2ccc(C(C)NC(=O)c3ccc(C(F)(F)F)cc3)cc2)C1OC(C)=O. The van der Waals surface area contributed by atoms with Gasteiger partial charge < -0.3 is 33.7 Å². The number of hydrogen-bond acceptors (Lipinski definition) is 10. The molecular formula is C29H32F3NO10. The molecule has 1 aliphatic rings. The molecule has 43 heavy (non-hydrogen) atoms. The summed E-state index contributed by atoms with van der Waals surface area (Å²) in [4.78, 5) is 47.7. The molecule has 3 rings (SSSR count). The number of carbonyl (C=O) groups is 4. The maximum absolute atomic E-state index is 12.8. The van der Waals surface area contributed by atoms with Gasteiger partial charge in [0.25, 0.3) is 5.91 Å². The number of carbonyl (C=O) groups excluding carboxylic acids is 4. The summed E-state index contributed by atoms with van der Waals surface area (Å²) in [5.74, 6) is -2.25. The van der Waals surface area contributed by atoms with Gasteiger partial charge in [-0.05, 0) is 48.9 Å². The first kappa shape index (κ1) is 33.3. The summed E-state index contributed by atoms with van der Waals surface area (Å²) in [6.45, 7) is 4.92. The lowest BCUT2D eigenvalue weighted by molar-refractivity contribution is -0.289. The Morgan fingerprint density at radius 1 is 0.860 bits per heavy atom. The Morgan fingerprint density at radius 3 is 1.95 bits per heavy atom. The van der Waals surface area contributed by atoms with Crippen LogP contribution < -0.4 is 10.1 Å². The molecule has 0 radical (unpaired) electrons. The van der Waals surface area contributed by atoms with Crippen molar-refractivity contribution in [3.05, 3.63) is 65.2 Å². The number of nitrogens with one attached hydrogen (secondary N) is 1. The Labute approximate surface area is 245 Å². The van der Waals surface area contributed by atoms with Gasteiger partial charge in [0.1, 0.15) is 24.6 Å². The van der Waals surface area contributed by atoms with Crippen molar-refractivity contribution in [3.63, 3.8) is 0 Å². The smallest absolute Gasteiger partial charge is 0.416 e. The first-order valence-electron chi connectivity index (χ1n) is 13.1. The minimum atomic E-state index is -4.51. The van der Waals surface area contributed by atoms with Crippen molar-refractivity contribution in [3.8, 4) is 5.75 Å². The number of halogens is 3. The van der Waals surface area contributed by atoms with Crippen LogP contribution in [0.4, 0.5) is 13.2 Å². The van der Waals surface area contributed by atoms with E-state index in [0.717, 1.165) is 24.3 Å². The molecule has 0 aliphatic carbocycles. The standard InChI is InChI=1S/C29H32F3NO10/c1-15(33-27(37)20-6-10-21(11-7-20)29(30,31)32)19-8-12-22(13-9-19)42-28-26(41-18(4)36)25(38-5)24(40-17(3)35)23(43-28)14-39-16(2)34/h6-13,15,23-26,28H,14H2,1-5H3,(H,33,37). The predicted octanol–water partition coefficient (Wildman–Crippen LogP) is 3.74. The van der Waals surface area contributed by atoms with E-state index < -0.39 is 72.3 Å². The fourth-order valence-corrected chi connectivity index (χ4v) is 4.37. The average Bonchev–Trinajstić information content (AvgIpc) is 2.93. The van der Waals surface area contributed by atoms with Gasteiger partial charge in [0.05, 0.1) is 11.6 Å². The number of methoxy groups -OCH3 is 1. The van der Waals surface area contributed by atoms with Crippen molar-refractivity contribution in [2.75, 3.05) is 13.7 Å². The number of benzene rings is 2. The fourth-order valence-electron chi connectivity index (χ4n) is 4.37. The van der Waals surface area contributed by atoms with Gasteiger partial charge in [-0.25, -0.2) is 0 Å². The Hall–Kier alpha value is -4.17. The molecular weight excluding hydrogens is 579 g/mol. The highest BCUT2D eigenvalue weighted by molar-refractivity contribution is 5.94. The highest BCUT2D eigenvalue weighted by atomic mass is 19.4. The Kier molecular flexibility index (Phi) is 11.1. The summed E-state index contributed by atoms with van der Waals surface area (Å²) in [7, 11) is 1.32.